The van der Waals surface area contributed by atoms with Crippen LogP contribution in [0, 0.1) is 6.92 Å². The number of rotatable bonds is 5. The van der Waals surface area contributed by atoms with Crippen molar-refractivity contribution in [1.82, 2.24) is 4.98 Å². The van der Waals surface area contributed by atoms with Crippen molar-refractivity contribution >= 4 is 23.3 Å². The molecule has 0 amide bonds. The number of pyridine rings is 1. The van der Waals surface area contributed by atoms with Gasteiger partial charge in [-0.1, -0.05) is 0 Å². The number of hydrogen-bond donors (Lipinski definition) is 2. The van der Waals surface area contributed by atoms with Crippen molar-refractivity contribution in [1.29, 1.82) is 0 Å². The quantitative estimate of drug-likeness (QED) is 0.877. The molecule has 0 aliphatic heterocycles. The molecular formula is C13H11NO5S. The summed E-state index contributed by atoms with van der Waals surface area (Å²) in [4.78, 5) is 26.4. The normalized spacial score (nSPS) is 10.2. The Balaban J connectivity index is 2.48. The van der Waals surface area contributed by atoms with E-state index in [-0.39, 0.29) is 10.6 Å². The lowest BCUT2D eigenvalue weighted by Gasteiger charge is -2.04. The lowest BCUT2D eigenvalue weighted by atomic mass is 10.1. The van der Waals surface area contributed by atoms with Gasteiger partial charge >= 0.3 is 11.9 Å². The summed E-state index contributed by atoms with van der Waals surface area (Å²) in [6.07, 6.45) is 3.21. The molecule has 0 atom stereocenters. The summed E-state index contributed by atoms with van der Waals surface area (Å²) in [6.45, 7) is 1.13. The van der Waals surface area contributed by atoms with Crippen LogP contribution in [0.15, 0.2) is 24.5 Å². The van der Waals surface area contributed by atoms with E-state index in [1.54, 1.807) is 31.5 Å². The lowest BCUT2D eigenvalue weighted by Crippen LogP contribution is -2.11. The van der Waals surface area contributed by atoms with E-state index in [9.17, 15) is 14.7 Å². The molecule has 0 saturated carbocycles. The van der Waals surface area contributed by atoms with Gasteiger partial charge in [-0.15, -0.1) is 11.3 Å². The Hall–Kier alpha value is -2.41. The van der Waals surface area contributed by atoms with E-state index in [0.717, 1.165) is 21.8 Å². The maximum Gasteiger partial charge on any atom is 0.349 e. The minimum absolute atomic E-state index is 0.00411. The molecule has 2 N–H and O–H groups in total. The number of aromatic nitrogens is 1. The molecule has 20 heavy (non-hydrogen) atoms. The van der Waals surface area contributed by atoms with Crippen LogP contribution in [-0.2, 0) is 4.79 Å². The Bertz CT molecular complexity index is 650. The molecule has 0 saturated heterocycles. The van der Waals surface area contributed by atoms with Crippen LogP contribution in [0.2, 0.25) is 0 Å². The molecule has 2 heterocycles. The molecule has 2 rings (SSSR count). The average Bonchev–Trinajstić information content (AvgIpc) is 2.75. The molecule has 2 aromatic rings. The summed E-state index contributed by atoms with van der Waals surface area (Å²) < 4.78 is 5.11. The topological polar surface area (TPSA) is 96.7 Å². The van der Waals surface area contributed by atoms with Gasteiger partial charge in [0.25, 0.3) is 0 Å². The van der Waals surface area contributed by atoms with E-state index in [2.05, 4.69) is 4.98 Å². The second kappa shape index (κ2) is 5.70. The van der Waals surface area contributed by atoms with E-state index in [4.69, 9.17) is 9.84 Å². The fourth-order valence-corrected chi connectivity index (χ4v) is 2.82. The van der Waals surface area contributed by atoms with Gasteiger partial charge in [-0.2, -0.15) is 0 Å². The van der Waals surface area contributed by atoms with Crippen molar-refractivity contribution in [3.8, 4) is 16.2 Å². The van der Waals surface area contributed by atoms with E-state index in [1.165, 1.54) is 0 Å². The number of ether oxygens (including phenoxy) is 1. The zero-order valence-corrected chi connectivity index (χ0v) is 11.3. The van der Waals surface area contributed by atoms with E-state index in [1.807, 2.05) is 0 Å². The summed E-state index contributed by atoms with van der Waals surface area (Å²) in [5.41, 5.74) is 1.43. The van der Waals surface area contributed by atoms with Crippen LogP contribution >= 0.6 is 11.3 Å². The fraction of sp³-hybridized carbons (Fsp3) is 0.154. The molecule has 0 bridgehead atoms. The molecule has 0 fully saturated rings. The molecule has 0 aliphatic rings. The van der Waals surface area contributed by atoms with Gasteiger partial charge in [-0.25, -0.2) is 9.59 Å². The minimum Gasteiger partial charge on any atom is -0.480 e. The monoisotopic (exact) mass is 293 g/mol. The molecule has 0 radical (unpaired) electrons. The molecule has 7 heteroatoms. The standard InChI is InChI=1S/C13H11NO5S/c1-7-10(19-6-9(15)16)12(13(17)18)20-11(7)8-2-4-14-5-3-8/h2-5H,6H2,1H3,(H,15,16)(H,17,18). The number of hydrogen-bond acceptors (Lipinski definition) is 5. The third kappa shape index (κ3) is 2.77. The van der Waals surface area contributed by atoms with Gasteiger partial charge < -0.3 is 14.9 Å². The SMILES string of the molecule is Cc1c(-c2ccncc2)sc(C(=O)O)c1OCC(=O)O. The van der Waals surface area contributed by atoms with Gasteiger partial charge in [0, 0.05) is 22.8 Å². The number of aromatic carboxylic acids is 1. The zero-order valence-electron chi connectivity index (χ0n) is 10.5. The maximum atomic E-state index is 11.2. The van der Waals surface area contributed by atoms with Crippen LogP contribution in [-0.4, -0.2) is 33.7 Å². The van der Waals surface area contributed by atoms with Crippen LogP contribution in [0.1, 0.15) is 15.2 Å². The van der Waals surface area contributed by atoms with Gasteiger partial charge in [0.1, 0.15) is 5.75 Å². The smallest absolute Gasteiger partial charge is 0.349 e. The Kier molecular flexibility index (Phi) is 3.99. The van der Waals surface area contributed by atoms with Gasteiger partial charge in [0.15, 0.2) is 11.5 Å². The largest absolute Gasteiger partial charge is 0.480 e. The van der Waals surface area contributed by atoms with Crippen LogP contribution < -0.4 is 4.74 Å². The molecule has 0 aromatic carbocycles. The first-order valence-electron chi connectivity index (χ1n) is 5.62. The Morgan fingerprint density at radius 2 is 1.95 bits per heavy atom. The van der Waals surface area contributed by atoms with Crippen molar-refractivity contribution in [2.45, 2.75) is 6.92 Å². The molecule has 104 valence electrons. The van der Waals surface area contributed by atoms with Crippen molar-refractivity contribution in [3.05, 3.63) is 35.0 Å². The molecule has 6 nitrogen and oxygen atoms in total. The Morgan fingerprint density at radius 1 is 1.30 bits per heavy atom. The van der Waals surface area contributed by atoms with E-state index in [0.29, 0.717) is 5.56 Å². The summed E-state index contributed by atoms with van der Waals surface area (Å²) in [5, 5.41) is 17.8. The lowest BCUT2D eigenvalue weighted by molar-refractivity contribution is -0.139. The molecule has 0 unspecified atom stereocenters. The first-order valence-corrected chi connectivity index (χ1v) is 6.44. The van der Waals surface area contributed by atoms with Crippen molar-refractivity contribution in [2.75, 3.05) is 6.61 Å². The third-order valence-electron chi connectivity index (χ3n) is 2.57. The van der Waals surface area contributed by atoms with E-state index < -0.39 is 18.5 Å². The molecule has 2 aromatic heterocycles. The number of carboxylic acids is 2. The first-order chi connectivity index (χ1) is 9.50. The highest BCUT2D eigenvalue weighted by atomic mass is 32.1. The predicted octanol–water partition coefficient (Wildman–Crippen LogP) is 2.28. The Labute approximate surface area is 118 Å². The summed E-state index contributed by atoms with van der Waals surface area (Å²) >= 11 is 1.05. The first kappa shape index (κ1) is 14.0. The number of carbonyl (C=O) groups is 2. The van der Waals surface area contributed by atoms with Crippen LogP contribution in [0.4, 0.5) is 0 Å². The second-order valence-electron chi connectivity index (χ2n) is 3.94. The van der Waals surface area contributed by atoms with Gasteiger partial charge in [0.05, 0.1) is 0 Å². The number of carboxylic acid groups (broad SMARTS) is 2. The molecule has 0 aliphatic carbocycles. The maximum absolute atomic E-state index is 11.2. The van der Waals surface area contributed by atoms with Crippen LogP contribution in [0.25, 0.3) is 10.4 Å². The number of thiophene rings is 1. The minimum atomic E-state index is -1.16. The van der Waals surface area contributed by atoms with Crippen molar-refractivity contribution in [3.63, 3.8) is 0 Å². The summed E-state index contributed by atoms with van der Waals surface area (Å²) in [7, 11) is 0. The van der Waals surface area contributed by atoms with Gasteiger partial charge in [-0.05, 0) is 24.6 Å². The highest BCUT2D eigenvalue weighted by Crippen LogP contribution is 2.41. The predicted molar refractivity (Wildman–Crippen MR) is 72.4 cm³/mol. The molecular weight excluding hydrogens is 282 g/mol. The van der Waals surface area contributed by atoms with E-state index >= 15 is 0 Å². The second-order valence-corrected chi connectivity index (χ2v) is 4.96. The zero-order chi connectivity index (χ0) is 14.7. The van der Waals surface area contributed by atoms with Crippen molar-refractivity contribution < 1.29 is 24.5 Å². The van der Waals surface area contributed by atoms with Crippen LogP contribution in [0.5, 0.6) is 5.75 Å². The summed E-state index contributed by atoms with van der Waals surface area (Å²) in [5.74, 6) is -2.19. The van der Waals surface area contributed by atoms with Crippen molar-refractivity contribution in [2.24, 2.45) is 0 Å². The average molecular weight is 293 g/mol. The third-order valence-corrected chi connectivity index (χ3v) is 3.88. The highest BCUT2D eigenvalue weighted by molar-refractivity contribution is 7.18. The highest BCUT2D eigenvalue weighted by Gasteiger charge is 2.22. The number of nitrogens with zero attached hydrogens (tertiary/aromatic N) is 1. The van der Waals surface area contributed by atoms with Gasteiger partial charge in [0.2, 0.25) is 0 Å². The fourth-order valence-electron chi connectivity index (χ4n) is 1.73. The van der Waals surface area contributed by atoms with Gasteiger partial charge in [-0.3, -0.25) is 4.98 Å². The van der Waals surface area contributed by atoms with Crippen LogP contribution in [0.3, 0.4) is 0 Å². The molecule has 0 spiro atoms. The summed E-state index contributed by atoms with van der Waals surface area (Å²) in [6, 6.07) is 3.51. The number of aliphatic carboxylic acids is 1. The Morgan fingerprint density at radius 3 is 2.50 bits per heavy atom.